The molecule has 1 heterocycles. The Morgan fingerprint density at radius 1 is 1.18 bits per heavy atom. The molecule has 3 aromatic rings. The van der Waals surface area contributed by atoms with Gasteiger partial charge in [0.2, 0.25) is 5.96 Å². The van der Waals surface area contributed by atoms with Gasteiger partial charge in [-0.15, -0.1) is 0 Å². The van der Waals surface area contributed by atoms with Crippen LogP contribution >= 0.6 is 0 Å². The number of aromatic nitrogens is 2. The number of ether oxygens (including phenoxy) is 1. The topological polar surface area (TPSA) is 83.8 Å². The fraction of sp³-hybridized carbons (Fsp3) is 0.346. The van der Waals surface area contributed by atoms with Crippen molar-refractivity contribution in [2.24, 2.45) is 4.99 Å². The molecule has 0 bridgehead atoms. The largest absolute Gasteiger partial charge is 0.495 e. The highest BCUT2D eigenvalue weighted by Crippen LogP contribution is 2.25. The van der Waals surface area contributed by atoms with E-state index in [1.165, 1.54) is 0 Å². The Kier molecular flexibility index (Phi) is 8.29. The molecule has 1 aromatic heterocycles. The second-order valence-corrected chi connectivity index (χ2v) is 8.40. The van der Waals surface area contributed by atoms with Crippen LogP contribution in [0.3, 0.4) is 0 Å². The lowest BCUT2D eigenvalue weighted by Crippen LogP contribution is -2.36. The van der Waals surface area contributed by atoms with E-state index in [1.54, 1.807) is 13.2 Å². The maximum Gasteiger partial charge on any atom is 0.258 e. The monoisotopic (exact) mass is 462 g/mol. The van der Waals surface area contributed by atoms with Crippen molar-refractivity contribution < 1.29 is 9.53 Å². The van der Waals surface area contributed by atoms with Crippen LogP contribution in [0.1, 0.15) is 40.5 Å². The van der Waals surface area contributed by atoms with E-state index in [4.69, 9.17) is 9.73 Å². The Labute approximate surface area is 201 Å². The van der Waals surface area contributed by atoms with Gasteiger partial charge in [-0.05, 0) is 56.2 Å². The Morgan fingerprint density at radius 3 is 2.68 bits per heavy atom. The first-order valence-electron chi connectivity index (χ1n) is 11.4. The number of hydrogen-bond acceptors (Lipinski definition) is 5. The highest BCUT2D eigenvalue weighted by Gasteiger charge is 2.13. The van der Waals surface area contributed by atoms with Gasteiger partial charge < -0.3 is 15.0 Å². The zero-order valence-electron chi connectivity index (χ0n) is 20.8. The summed E-state index contributed by atoms with van der Waals surface area (Å²) in [7, 11) is 5.50. The van der Waals surface area contributed by atoms with Crippen molar-refractivity contribution in [2.45, 2.75) is 40.3 Å². The number of benzene rings is 2. The number of amides is 1. The van der Waals surface area contributed by atoms with Crippen molar-refractivity contribution in [3.05, 3.63) is 71.0 Å². The maximum absolute atomic E-state index is 13.1. The minimum Gasteiger partial charge on any atom is -0.495 e. The summed E-state index contributed by atoms with van der Waals surface area (Å²) in [5.41, 5.74) is 5.20. The number of carbonyl (C=O) groups is 1. The summed E-state index contributed by atoms with van der Waals surface area (Å²) in [6.07, 6.45) is 3.02. The molecule has 8 heteroatoms. The summed E-state index contributed by atoms with van der Waals surface area (Å²) in [6.45, 7) is 7.32. The first-order valence-corrected chi connectivity index (χ1v) is 11.4. The third-order valence-electron chi connectivity index (χ3n) is 5.37. The smallest absolute Gasteiger partial charge is 0.258 e. The Balaban J connectivity index is 1.90. The fourth-order valence-corrected chi connectivity index (χ4v) is 3.48. The first-order chi connectivity index (χ1) is 16.3. The number of nitrogens with zero attached hydrogens (tertiary/aromatic N) is 4. The van der Waals surface area contributed by atoms with Crippen LogP contribution in [0, 0.1) is 13.8 Å². The van der Waals surface area contributed by atoms with E-state index in [0.29, 0.717) is 23.8 Å². The predicted molar refractivity (Wildman–Crippen MR) is 138 cm³/mol. The lowest BCUT2D eigenvalue weighted by molar-refractivity contribution is 0.0977. The Hall–Kier alpha value is -3.81. The number of aryl methyl sites for hydroxylation is 3. The first kappa shape index (κ1) is 24.8. The van der Waals surface area contributed by atoms with Crippen LogP contribution in [-0.4, -0.2) is 42.9 Å². The number of rotatable bonds is 8. The Bertz CT molecular complexity index is 1170. The number of anilines is 2. The molecule has 0 saturated heterocycles. The van der Waals surface area contributed by atoms with Gasteiger partial charge in [0.05, 0.1) is 25.0 Å². The van der Waals surface area contributed by atoms with E-state index in [2.05, 4.69) is 22.7 Å². The van der Waals surface area contributed by atoms with Gasteiger partial charge in [0, 0.05) is 43.7 Å². The van der Waals surface area contributed by atoms with Crippen molar-refractivity contribution in [2.75, 3.05) is 31.4 Å². The number of carbonyl (C=O) groups excluding carboxylic acids is 1. The van der Waals surface area contributed by atoms with Gasteiger partial charge in [-0.1, -0.05) is 19.1 Å². The summed E-state index contributed by atoms with van der Waals surface area (Å²) >= 11 is 0. The van der Waals surface area contributed by atoms with Crippen LogP contribution in [0.2, 0.25) is 0 Å². The molecular weight excluding hydrogens is 428 g/mol. The van der Waals surface area contributed by atoms with E-state index in [9.17, 15) is 4.79 Å². The van der Waals surface area contributed by atoms with E-state index in [-0.39, 0.29) is 5.91 Å². The number of hydrogen-bond donors (Lipinski definition) is 2. The van der Waals surface area contributed by atoms with Gasteiger partial charge in [-0.2, -0.15) is 5.10 Å². The molecule has 8 nitrogen and oxygen atoms in total. The average molecular weight is 463 g/mol. The molecule has 1 amide bonds. The molecule has 0 radical (unpaired) electrons. The zero-order valence-corrected chi connectivity index (χ0v) is 20.8. The lowest BCUT2D eigenvalue weighted by atomic mass is 10.2. The van der Waals surface area contributed by atoms with Crippen LogP contribution in [0.15, 0.2) is 53.7 Å². The van der Waals surface area contributed by atoms with Crippen molar-refractivity contribution in [1.29, 1.82) is 0 Å². The molecule has 0 unspecified atom stereocenters. The standard InChI is InChI=1S/C26H34N6O2/c1-7-13-32-17-21(19(3)30-32)16-27-26(28-23-14-18(2)11-12-24(23)34-6)29-25(33)20-9-8-10-22(15-20)31(4)5/h8-12,14-15,17H,7,13,16H2,1-6H3,(H2,27,28,29,33). The van der Waals surface area contributed by atoms with E-state index >= 15 is 0 Å². The van der Waals surface area contributed by atoms with E-state index in [1.807, 2.05) is 80.1 Å². The highest BCUT2D eigenvalue weighted by molar-refractivity contribution is 6.10. The molecule has 34 heavy (non-hydrogen) atoms. The van der Waals surface area contributed by atoms with Gasteiger partial charge in [0.25, 0.3) is 5.91 Å². The van der Waals surface area contributed by atoms with Crippen molar-refractivity contribution in [3.8, 4) is 5.75 Å². The van der Waals surface area contributed by atoms with Gasteiger partial charge in [-0.25, -0.2) is 4.99 Å². The summed E-state index contributed by atoms with van der Waals surface area (Å²) in [6, 6.07) is 13.3. The zero-order chi connectivity index (χ0) is 24.7. The van der Waals surface area contributed by atoms with Gasteiger partial charge >= 0.3 is 0 Å². The molecule has 3 rings (SSSR count). The molecular formula is C26H34N6O2. The highest BCUT2D eigenvalue weighted by atomic mass is 16.5. The molecule has 0 aliphatic carbocycles. The minimum absolute atomic E-state index is 0.250. The normalized spacial score (nSPS) is 11.3. The van der Waals surface area contributed by atoms with Crippen molar-refractivity contribution >= 4 is 23.2 Å². The van der Waals surface area contributed by atoms with Crippen LogP contribution < -0.4 is 20.3 Å². The SMILES string of the molecule is CCCn1cc(CN=C(NC(=O)c2cccc(N(C)C)c2)Nc2cc(C)ccc2OC)c(C)n1. The molecule has 2 aromatic carbocycles. The van der Waals surface area contributed by atoms with Crippen LogP contribution in [0.4, 0.5) is 11.4 Å². The minimum atomic E-state index is -0.250. The summed E-state index contributed by atoms with van der Waals surface area (Å²) in [5.74, 6) is 0.751. The molecule has 0 atom stereocenters. The number of guanidine groups is 1. The average Bonchev–Trinajstić information content (AvgIpc) is 3.16. The fourth-order valence-electron chi connectivity index (χ4n) is 3.48. The third kappa shape index (κ3) is 6.37. The predicted octanol–water partition coefficient (Wildman–Crippen LogP) is 4.38. The number of aliphatic imine (C=N–C) groups is 1. The van der Waals surface area contributed by atoms with Gasteiger partial charge in [0.1, 0.15) is 5.75 Å². The molecule has 0 aliphatic rings. The van der Waals surface area contributed by atoms with Crippen LogP contribution in [0.5, 0.6) is 5.75 Å². The molecule has 0 saturated carbocycles. The van der Waals surface area contributed by atoms with Gasteiger partial charge in [-0.3, -0.25) is 14.8 Å². The summed E-state index contributed by atoms with van der Waals surface area (Å²) in [5, 5.41) is 10.7. The molecule has 180 valence electrons. The maximum atomic E-state index is 13.1. The van der Waals surface area contributed by atoms with Crippen molar-refractivity contribution in [1.82, 2.24) is 15.1 Å². The second-order valence-electron chi connectivity index (χ2n) is 8.40. The van der Waals surface area contributed by atoms with Crippen LogP contribution in [0.25, 0.3) is 0 Å². The van der Waals surface area contributed by atoms with E-state index in [0.717, 1.165) is 41.2 Å². The number of nitrogens with one attached hydrogen (secondary N) is 2. The van der Waals surface area contributed by atoms with Crippen molar-refractivity contribution in [3.63, 3.8) is 0 Å². The molecule has 0 fully saturated rings. The number of methoxy groups -OCH3 is 1. The molecule has 0 spiro atoms. The molecule has 0 aliphatic heterocycles. The Morgan fingerprint density at radius 2 is 1.97 bits per heavy atom. The van der Waals surface area contributed by atoms with Crippen LogP contribution in [-0.2, 0) is 13.1 Å². The van der Waals surface area contributed by atoms with Gasteiger partial charge in [0.15, 0.2) is 0 Å². The summed E-state index contributed by atoms with van der Waals surface area (Å²) in [4.78, 5) is 19.8. The van der Waals surface area contributed by atoms with E-state index < -0.39 is 0 Å². The summed E-state index contributed by atoms with van der Waals surface area (Å²) < 4.78 is 7.43. The second kappa shape index (κ2) is 11.4. The lowest BCUT2D eigenvalue weighted by Gasteiger charge is -2.16. The third-order valence-corrected chi connectivity index (χ3v) is 5.37. The quantitative estimate of drug-likeness (QED) is 0.383. The molecule has 2 N–H and O–H groups in total.